The van der Waals surface area contributed by atoms with Gasteiger partial charge in [-0.05, 0) is 67.2 Å². The van der Waals surface area contributed by atoms with Gasteiger partial charge in [0.05, 0.1) is 43.9 Å². The van der Waals surface area contributed by atoms with E-state index >= 15 is 0 Å². The molecule has 3 aliphatic rings. The molecule has 4 atom stereocenters. The molecule has 2 unspecified atom stereocenters. The minimum atomic E-state index is -3.65. The Morgan fingerprint density at radius 2 is 1.09 bits per heavy atom. The molecule has 0 aromatic heterocycles. The number of piperazine rings is 1. The van der Waals surface area contributed by atoms with Gasteiger partial charge in [-0.1, -0.05) is 0 Å². The van der Waals surface area contributed by atoms with Crippen molar-refractivity contribution in [2.24, 2.45) is 0 Å². The van der Waals surface area contributed by atoms with E-state index in [4.69, 9.17) is 23.1 Å². The fraction of sp³-hybridized carbons (Fsp3) is 0.885. The summed E-state index contributed by atoms with van der Waals surface area (Å²) in [7, 11) is -7.31. The van der Waals surface area contributed by atoms with E-state index in [9.17, 15) is 26.4 Å². The van der Waals surface area contributed by atoms with Gasteiger partial charge in [0, 0.05) is 32.1 Å². The maximum atomic E-state index is 12.4. The van der Waals surface area contributed by atoms with Crippen LogP contribution < -0.4 is 11.5 Å². The van der Waals surface area contributed by atoms with Crippen molar-refractivity contribution in [1.29, 1.82) is 5.26 Å². The molecule has 3 aliphatic heterocycles. The third-order valence-electron chi connectivity index (χ3n) is 6.16. The van der Waals surface area contributed by atoms with E-state index < -0.39 is 44.0 Å². The number of carbonyl (C=O) groups excluding carboxylic acids is 2. The zero-order chi connectivity index (χ0) is 32.5. The molecule has 6 N–H and O–H groups in total. The van der Waals surface area contributed by atoms with Crippen molar-refractivity contribution in [3.8, 4) is 6.07 Å². The molecule has 0 aromatic carbocycles. The first kappa shape index (κ1) is 43.9. The normalized spacial score (nSPS) is 22.9. The van der Waals surface area contributed by atoms with Crippen molar-refractivity contribution in [1.82, 2.24) is 21.3 Å². The van der Waals surface area contributed by atoms with Gasteiger partial charge in [0.2, 0.25) is 0 Å². The Bertz CT molecular complexity index is 1100. The number of fused-ring (bicyclic) bond motifs is 2. The molecule has 44 heavy (non-hydrogen) atoms. The van der Waals surface area contributed by atoms with Crippen molar-refractivity contribution in [3.63, 3.8) is 0 Å². The van der Waals surface area contributed by atoms with Crippen molar-refractivity contribution in [2.75, 3.05) is 38.8 Å². The highest BCUT2D eigenvalue weighted by Gasteiger charge is 2.42. The Kier molecular flexibility index (Phi) is 18.0. The minimum absolute atomic E-state index is 0. The van der Waals surface area contributed by atoms with Crippen LogP contribution in [0.15, 0.2) is 0 Å². The summed E-state index contributed by atoms with van der Waals surface area (Å²) in [4.78, 5) is 27.6. The lowest BCUT2D eigenvalue weighted by atomic mass is 10.2. The smallest absolute Gasteiger partial charge is 0.410 e. The van der Waals surface area contributed by atoms with E-state index in [1.807, 2.05) is 25.7 Å². The molecule has 2 bridgehead atoms. The number of hydrogen-bond acceptors (Lipinski definition) is 13. The van der Waals surface area contributed by atoms with Gasteiger partial charge >= 0.3 is 12.2 Å². The third-order valence-corrected chi connectivity index (χ3v) is 7.29. The SMILES string of the molecule is CC#N.CC(C)(C)OC(=O)N1C2CCC1CNC2.CC(C)(C)OC(=O)N1[C@@H](COS(C)(=O)=O)CC[C@H]1COS(C)(=O)=O.N.O. The minimum Gasteiger partial charge on any atom is -0.444 e. The molecule has 0 aliphatic carbocycles. The molecule has 0 radical (unpaired) electrons. The van der Waals surface area contributed by atoms with Crippen LogP contribution in [-0.2, 0) is 38.1 Å². The van der Waals surface area contributed by atoms with Crippen molar-refractivity contribution >= 4 is 32.4 Å². The molecule has 3 saturated heterocycles. The van der Waals surface area contributed by atoms with Crippen molar-refractivity contribution in [3.05, 3.63) is 0 Å². The zero-order valence-electron chi connectivity index (χ0n) is 27.4. The maximum absolute atomic E-state index is 12.4. The van der Waals surface area contributed by atoms with Gasteiger partial charge in [-0.3, -0.25) is 18.2 Å². The number of nitrogens with zero attached hydrogens (tertiary/aromatic N) is 3. The van der Waals surface area contributed by atoms with Crippen LogP contribution in [0.25, 0.3) is 0 Å². The highest BCUT2D eigenvalue weighted by Crippen LogP contribution is 2.29. The van der Waals surface area contributed by atoms with Crippen molar-refractivity contribution < 1.29 is 49.7 Å². The monoisotopic (exact) mass is 675 g/mol. The lowest BCUT2D eigenvalue weighted by Crippen LogP contribution is -2.55. The van der Waals surface area contributed by atoms with E-state index in [0.717, 1.165) is 38.4 Å². The first-order chi connectivity index (χ1) is 19.1. The largest absolute Gasteiger partial charge is 0.444 e. The number of nitrogens with one attached hydrogen (secondary N) is 1. The summed E-state index contributed by atoms with van der Waals surface area (Å²) in [6.07, 6.45) is 4.15. The van der Waals surface area contributed by atoms with E-state index in [-0.39, 0.29) is 36.5 Å². The van der Waals surface area contributed by atoms with Crippen LogP contribution in [0.3, 0.4) is 0 Å². The number of carbonyl (C=O) groups is 2. The van der Waals surface area contributed by atoms with Gasteiger partial charge < -0.3 is 26.4 Å². The van der Waals surface area contributed by atoms with Crippen LogP contribution in [0.2, 0.25) is 0 Å². The van der Waals surface area contributed by atoms with Gasteiger partial charge in [-0.25, -0.2) is 9.59 Å². The Hall–Kier alpha value is -2.27. The number of amides is 2. The highest BCUT2D eigenvalue weighted by molar-refractivity contribution is 7.86. The maximum Gasteiger partial charge on any atom is 0.410 e. The third kappa shape index (κ3) is 16.7. The van der Waals surface area contributed by atoms with Crippen molar-refractivity contribution in [2.45, 2.75) is 110 Å². The van der Waals surface area contributed by atoms with Gasteiger partial charge in [0.1, 0.15) is 11.2 Å². The molecule has 2 amide bonds. The summed E-state index contributed by atoms with van der Waals surface area (Å²) in [6.45, 7) is 13.7. The summed E-state index contributed by atoms with van der Waals surface area (Å²) in [5.41, 5.74) is -1.13. The van der Waals surface area contributed by atoms with Crippen LogP contribution in [-0.4, -0.2) is 118 Å². The molecule has 3 rings (SSSR count). The summed E-state index contributed by atoms with van der Waals surface area (Å²) in [5.74, 6) is 0. The van der Waals surface area contributed by atoms with Crippen LogP contribution in [0.5, 0.6) is 0 Å². The summed E-state index contributed by atoms with van der Waals surface area (Å²) in [6, 6.07) is 1.36. The lowest BCUT2D eigenvalue weighted by molar-refractivity contribution is 0.00602. The predicted octanol–water partition coefficient (Wildman–Crippen LogP) is 1.93. The Morgan fingerprint density at radius 1 is 0.773 bits per heavy atom. The Balaban J connectivity index is 0. The molecule has 0 saturated carbocycles. The predicted molar refractivity (Wildman–Crippen MR) is 164 cm³/mol. The van der Waals surface area contributed by atoms with Crippen LogP contribution in [0.4, 0.5) is 9.59 Å². The van der Waals surface area contributed by atoms with E-state index in [2.05, 4.69) is 5.32 Å². The van der Waals surface area contributed by atoms with Crippen LogP contribution in [0.1, 0.15) is 74.1 Å². The fourth-order valence-electron chi connectivity index (χ4n) is 4.70. The van der Waals surface area contributed by atoms with Gasteiger partial charge in [0.25, 0.3) is 20.2 Å². The van der Waals surface area contributed by atoms with E-state index in [1.165, 1.54) is 11.8 Å². The average Bonchev–Trinajstić information content (AvgIpc) is 3.31. The first-order valence-electron chi connectivity index (χ1n) is 13.8. The molecule has 18 heteroatoms. The van der Waals surface area contributed by atoms with Crippen LogP contribution in [0, 0.1) is 11.3 Å². The standard InChI is InChI=1S/C13H25NO8S2.C11H20N2O2.C2H3N.H3N.H2O/c1-13(2,3)22-12(15)14-10(8-20-23(4,16)17)6-7-11(14)9-21-24(5,18)19;1-11(2,3)15-10(14)13-8-4-5-9(13)7-12-6-8;1-2-3;;/h10-11H,6-9H2,1-5H3;8-9,12H,4-7H2,1-3H3;1H3;1H3;1H2/t10-,11+;;;;. The second-order valence-electron chi connectivity index (χ2n) is 12.4. The highest BCUT2D eigenvalue weighted by atomic mass is 32.2. The summed E-state index contributed by atoms with van der Waals surface area (Å²) in [5, 5.41) is 10.7. The van der Waals surface area contributed by atoms with Gasteiger partial charge in [-0.15, -0.1) is 0 Å². The number of rotatable bonds is 6. The number of likely N-dealkylation sites (tertiary alicyclic amines) is 1. The molecular weight excluding hydrogens is 622 g/mol. The molecular formula is C26H53N5O11S2. The van der Waals surface area contributed by atoms with Crippen LogP contribution >= 0.6 is 0 Å². The lowest BCUT2D eigenvalue weighted by Gasteiger charge is -2.36. The zero-order valence-corrected chi connectivity index (χ0v) is 29.0. The Labute approximate surface area is 262 Å². The summed E-state index contributed by atoms with van der Waals surface area (Å²) >= 11 is 0. The second-order valence-corrected chi connectivity index (χ2v) is 15.7. The van der Waals surface area contributed by atoms with E-state index in [1.54, 1.807) is 26.8 Å². The quantitative estimate of drug-likeness (QED) is 0.382. The van der Waals surface area contributed by atoms with Gasteiger partial charge in [-0.2, -0.15) is 22.1 Å². The van der Waals surface area contributed by atoms with E-state index in [0.29, 0.717) is 24.9 Å². The molecule has 3 heterocycles. The topological polar surface area (TPSA) is 248 Å². The molecule has 3 fully saturated rings. The molecule has 0 spiro atoms. The molecule has 0 aromatic rings. The Morgan fingerprint density at radius 3 is 1.39 bits per heavy atom. The fourth-order valence-corrected chi connectivity index (χ4v) is 5.51. The number of ether oxygens (including phenoxy) is 2. The van der Waals surface area contributed by atoms with Gasteiger partial charge in [0.15, 0.2) is 0 Å². The molecule has 16 nitrogen and oxygen atoms in total. The summed E-state index contributed by atoms with van der Waals surface area (Å²) < 4.78 is 65.0. The number of nitriles is 1. The number of hydrogen-bond donors (Lipinski definition) is 2. The first-order valence-corrected chi connectivity index (χ1v) is 17.4. The second kappa shape index (κ2) is 18.0. The average molecular weight is 676 g/mol. The molecule has 260 valence electrons.